The van der Waals surface area contributed by atoms with Crippen LogP contribution in [0.2, 0.25) is 0 Å². The maximum Gasteiger partial charge on any atom is 0.349 e. The summed E-state index contributed by atoms with van der Waals surface area (Å²) in [6.07, 6.45) is 1.71. The molecule has 4 aromatic rings. The summed E-state index contributed by atoms with van der Waals surface area (Å²) in [5.41, 5.74) is 2.61. The Balaban J connectivity index is 1.53. The van der Waals surface area contributed by atoms with Gasteiger partial charge in [-0.1, -0.05) is 18.2 Å². The lowest BCUT2D eigenvalue weighted by atomic mass is 10.1. The molecule has 0 unspecified atom stereocenters. The zero-order valence-corrected chi connectivity index (χ0v) is 14.5. The first-order chi connectivity index (χ1) is 12.7. The summed E-state index contributed by atoms with van der Waals surface area (Å²) in [6.45, 7) is 0.296. The number of amides is 1. The average Bonchev–Trinajstić information content (AvgIpc) is 3.20. The molecule has 4 rings (SSSR count). The third-order valence-corrected chi connectivity index (χ3v) is 4.66. The van der Waals surface area contributed by atoms with E-state index in [2.05, 4.69) is 10.3 Å². The fourth-order valence-corrected chi connectivity index (χ4v) is 3.30. The first-order valence-corrected chi connectivity index (χ1v) is 8.93. The number of hydrogen-bond donors (Lipinski definition) is 1. The molecule has 0 aliphatic carbocycles. The van der Waals surface area contributed by atoms with E-state index in [4.69, 9.17) is 4.42 Å². The molecule has 1 aromatic carbocycles. The lowest BCUT2D eigenvalue weighted by molar-refractivity contribution is 0.0947. The lowest BCUT2D eigenvalue weighted by Gasteiger charge is -2.06. The molecule has 3 heterocycles. The van der Waals surface area contributed by atoms with Gasteiger partial charge in [0.1, 0.15) is 11.1 Å². The molecule has 0 spiro atoms. The van der Waals surface area contributed by atoms with Gasteiger partial charge in [0.25, 0.3) is 5.91 Å². The van der Waals surface area contributed by atoms with Crippen molar-refractivity contribution in [2.75, 3.05) is 0 Å². The van der Waals surface area contributed by atoms with E-state index >= 15 is 0 Å². The molecule has 0 fully saturated rings. The van der Waals surface area contributed by atoms with Gasteiger partial charge >= 0.3 is 5.63 Å². The fourth-order valence-electron chi connectivity index (χ4n) is 2.65. The normalized spacial score (nSPS) is 10.8. The highest BCUT2D eigenvalue weighted by Crippen LogP contribution is 2.20. The summed E-state index contributed by atoms with van der Waals surface area (Å²) in [6, 6.07) is 14.4. The largest absolute Gasteiger partial charge is 0.422 e. The summed E-state index contributed by atoms with van der Waals surface area (Å²) in [4.78, 5) is 28.8. The van der Waals surface area contributed by atoms with Crippen LogP contribution < -0.4 is 10.9 Å². The SMILES string of the molecule is O=C(NCc1ccnc(-c2ccsc2)c1)c1cc2ccccc2oc1=O. The van der Waals surface area contributed by atoms with Gasteiger partial charge in [0.2, 0.25) is 0 Å². The number of carbonyl (C=O) groups excluding carboxylic acids is 1. The van der Waals surface area contributed by atoms with Crippen LogP contribution in [0, 0.1) is 0 Å². The van der Waals surface area contributed by atoms with Crippen LogP contribution >= 0.6 is 11.3 Å². The Morgan fingerprint density at radius 1 is 1.15 bits per heavy atom. The number of hydrogen-bond acceptors (Lipinski definition) is 5. The molecular formula is C20H14N2O3S. The second-order valence-corrected chi connectivity index (χ2v) is 6.51. The smallest absolute Gasteiger partial charge is 0.349 e. The zero-order chi connectivity index (χ0) is 17.9. The third kappa shape index (κ3) is 3.27. The maximum atomic E-state index is 12.4. The summed E-state index contributed by atoms with van der Waals surface area (Å²) in [5.74, 6) is -0.460. The minimum absolute atomic E-state index is 0.00388. The molecular weight excluding hydrogens is 348 g/mol. The molecule has 128 valence electrons. The van der Waals surface area contributed by atoms with Gasteiger partial charge in [-0.05, 0) is 41.3 Å². The Kier molecular flexibility index (Phi) is 4.33. The van der Waals surface area contributed by atoms with Crippen molar-refractivity contribution in [3.63, 3.8) is 0 Å². The minimum atomic E-state index is -0.644. The summed E-state index contributed by atoms with van der Waals surface area (Å²) in [5, 5.41) is 7.49. The van der Waals surface area contributed by atoms with E-state index < -0.39 is 11.5 Å². The molecule has 0 saturated heterocycles. The predicted molar refractivity (Wildman–Crippen MR) is 101 cm³/mol. The molecule has 0 atom stereocenters. The van der Waals surface area contributed by atoms with E-state index in [0.717, 1.165) is 16.8 Å². The number of pyridine rings is 1. The van der Waals surface area contributed by atoms with Crippen LogP contribution in [-0.2, 0) is 6.54 Å². The highest BCUT2D eigenvalue weighted by Gasteiger charge is 2.13. The number of benzene rings is 1. The highest BCUT2D eigenvalue weighted by atomic mass is 32.1. The van der Waals surface area contributed by atoms with Gasteiger partial charge in [-0.15, -0.1) is 0 Å². The highest BCUT2D eigenvalue weighted by molar-refractivity contribution is 7.08. The molecule has 0 aliphatic heterocycles. The van der Waals surface area contributed by atoms with Crippen LogP contribution in [-0.4, -0.2) is 10.9 Å². The van der Waals surface area contributed by atoms with Gasteiger partial charge in [0.15, 0.2) is 0 Å². The van der Waals surface area contributed by atoms with Crippen molar-refractivity contribution in [2.24, 2.45) is 0 Å². The van der Waals surface area contributed by atoms with Crippen molar-refractivity contribution >= 4 is 28.2 Å². The molecule has 1 N–H and O–H groups in total. The molecule has 0 aliphatic rings. The summed E-state index contributed by atoms with van der Waals surface area (Å²) >= 11 is 1.60. The zero-order valence-electron chi connectivity index (χ0n) is 13.6. The molecule has 0 radical (unpaired) electrons. The molecule has 26 heavy (non-hydrogen) atoms. The molecule has 1 amide bonds. The Bertz CT molecular complexity index is 1130. The molecule has 0 bridgehead atoms. The molecule has 6 heteroatoms. The van der Waals surface area contributed by atoms with E-state index in [-0.39, 0.29) is 5.56 Å². The van der Waals surface area contributed by atoms with Crippen molar-refractivity contribution in [2.45, 2.75) is 6.54 Å². The van der Waals surface area contributed by atoms with E-state index in [1.165, 1.54) is 0 Å². The number of aromatic nitrogens is 1. The van der Waals surface area contributed by atoms with Crippen LogP contribution in [0.1, 0.15) is 15.9 Å². The van der Waals surface area contributed by atoms with Gasteiger partial charge in [-0.25, -0.2) is 4.79 Å². The first kappa shape index (κ1) is 16.2. The Morgan fingerprint density at radius 2 is 2.04 bits per heavy atom. The molecule has 3 aromatic heterocycles. The van der Waals surface area contributed by atoms with Crippen molar-refractivity contribution in [3.8, 4) is 11.3 Å². The van der Waals surface area contributed by atoms with Gasteiger partial charge in [0.05, 0.1) is 5.69 Å². The fraction of sp³-hybridized carbons (Fsp3) is 0.0500. The van der Waals surface area contributed by atoms with Gasteiger partial charge in [0, 0.05) is 29.1 Å². The molecule has 0 saturated carbocycles. The predicted octanol–water partition coefficient (Wildman–Crippen LogP) is 3.85. The molecule has 5 nitrogen and oxygen atoms in total. The topological polar surface area (TPSA) is 72.2 Å². The van der Waals surface area contributed by atoms with Crippen molar-refractivity contribution in [1.82, 2.24) is 10.3 Å². The maximum absolute atomic E-state index is 12.4. The Hall–Kier alpha value is -3.25. The van der Waals surface area contributed by atoms with E-state index in [9.17, 15) is 9.59 Å². The monoisotopic (exact) mass is 362 g/mol. The number of nitrogens with one attached hydrogen (secondary N) is 1. The summed E-state index contributed by atoms with van der Waals surface area (Å²) in [7, 11) is 0. The van der Waals surface area contributed by atoms with Gasteiger partial charge in [-0.3, -0.25) is 9.78 Å². The van der Waals surface area contributed by atoms with Crippen LogP contribution in [0.15, 0.2) is 74.7 Å². The third-order valence-electron chi connectivity index (χ3n) is 3.98. The lowest BCUT2D eigenvalue weighted by Crippen LogP contribution is -2.27. The number of carbonyl (C=O) groups is 1. The van der Waals surface area contributed by atoms with E-state index in [1.54, 1.807) is 41.8 Å². The van der Waals surface area contributed by atoms with Crippen LogP contribution in [0.5, 0.6) is 0 Å². The summed E-state index contributed by atoms with van der Waals surface area (Å²) < 4.78 is 5.21. The number of thiophene rings is 1. The van der Waals surface area contributed by atoms with Crippen molar-refractivity contribution < 1.29 is 9.21 Å². The van der Waals surface area contributed by atoms with Crippen molar-refractivity contribution in [3.05, 3.63) is 87.0 Å². The van der Waals surface area contributed by atoms with Crippen LogP contribution in [0.4, 0.5) is 0 Å². The Morgan fingerprint density at radius 3 is 2.88 bits per heavy atom. The number of rotatable bonds is 4. The Labute approximate surface area is 152 Å². The van der Waals surface area contributed by atoms with Gasteiger partial charge in [-0.2, -0.15) is 11.3 Å². The van der Waals surface area contributed by atoms with E-state index in [1.807, 2.05) is 35.0 Å². The van der Waals surface area contributed by atoms with Crippen LogP contribution in [0.3, 0.4) is 0 Å². The number of nitrogens with zero attached hydrogens (tertiary/aromatic N) is 1. The van der Waals surface area contributed by atoms with Crippen LogP contribution in [0.25, 0.3) is 22.2 Å². The number of fused-ring (bicyclic) bond motifs is 1. The first-order valence-electron chi connectivity index (χ1n) is 7.99. The number of para-hydroxylation sites is 1. The quantitative estimate of drug-likeness (QED) is 0.560. The average molecular weight is 362 g/mol. The second kappa shape index (κ2) is 6.93. The van der Waals surface area contributed by atoms with Gasteiger partial charge < -0.3 is 9.73 Å². The minimum Gasteiger partial charge on any atom is -0.422 e. The standard InChI is InChI=1S/C20H14N2O3S/c23-19(16-10-14-3-1-2-4-18(14)25-20(16)24)22-11-13-5-7-21-17(9-13)15-6-8-26-12-15/h1-10,12H,11H2,(H,22,23). The van der Waals surface area contributed by atoms with Crippen molar-refractivity contribution in [1.29, 1.82) is 0 Å². The van der Waals surface area contributed by atoms with E-state index in [0.29, 0.717) is 17.5 Å². The second-order valence-electron chi connectivity index (χ2n) is 5.73.